The van der Waals surface area contributed by atoms with Crippen LogP contribution in [0.4, 0.5) is 18.9 Å². The summed E-state index contributed by atoms with van der Waals surface area (Å²) in [5.41, 5.74) is 1.88. The monoisotopic (exact) mass is 634 g/mol. The Morgan fingerprint density at radius 3 is 2.41 bits per heavy atom. The van der Waals surface area contributed by atoms with Crippen LogP contribution in [0, 0.1) is 19.8 Å². The topological polar surface area (TPSA) is 129 Å². The number of nitrogens with zero attached hydrogens (tertiary/aromatic N) is 3. The molecular formula is C30H33F3N4O6S. The second-order valence-electron chi connectivity index (χ2n) is 11.4. The van der Waals surface area contributed by atoms with Crippen LogP contribution in [0.25, 0.3) is 6.08 Å². The lowest BCUT2D eigenvalue weighted by atomic mass is 9.89. The molecule has 3 aliphatic rings. The van der Waals surface area contributed by atoms with E-state index in [-0.39, 0.29) is 61.8 Å². The Morgan fingerprint density at radius 2 is 1.80 bits per heavy atom. The van der Waals surface area contributed by atoms with Crippen molar-refractivity contribution in [2.45, 2.75) is 58.0 Å². The molecule has 2 aromatic rings. The number of carbonyl (C=O) groups is 2. The van der Waals surface area contributed by atoms with Gasteiger partial charge in [0.1, 0.15) is 17.1 Å². The number of ether oxygens (including phenoxy) is 1. The zero-order valence-corrected chi connectivity index (χ0v) is 25.2. The van der Waals surface area contributed by atoms with Crippen LogP contribution in [0.2, 0.25) is 0 Å². The summed E-state index contributed by atoms with van der Waals surface area (Å²) in [7, 11) is -3.87. The van der Waals surface area contributed by atoms with Gasteiger partial charge in [0.2, 0.25) is 15.9 Å². The van der Waals surface area contributed by atoms with Crippen LogP contribution in [0.5, 0.6) is 5.75 Å². The highest BCUT2D eigenvalue weighted by Crippen LogP contribution is 2.35. The number of halogens is 3. The third-order valence-corrected chi connectivity index (χ3v) is 9.92. The van der Waals surface area contributed by atoms with Crippen molar-refractivity contribution in [3.05, 3.63) is 64.1 Å². The van der Waals surface area contributed by atoms with Gasteiger partial charge in [0, 0.05) is 35.7 Å². The largest absolute Gasteiger partial charge is 0.573 e. The van der Waals surface area contributed by atoms with E-state index in [4.69, 9.17) is 0 Å². The van der Waals surface area contributed by atoms with Crippen molar-refractivity contribution in [1.82, 2.24) is 9.62 Å². The molecule has 2 N–H and O–H groups in total. The first-order valence-electron chi connectivity index (χ1n) is 14.1. The number of rotatable bonds is 7. The fourth-order valence-electron chi connectivity index (χ4n) is 6.06. The number of hydrogen-bond donors (Lipinski definition) is 2. The molecule has 2 amide bonds. The predicted octanol–water partition coefficient (Wildman–Crippen LogP) is 3.65. The lowest BCUT2D eigenvalue weighted by molar-refractivity contribution is -0.274. The zero-order valence-electron chi connectivity index (χ0n) is 24.4. The highest BCUT2D eigenvalue weighted by atomic mass is 32.2. The fourth-order valence-corrected chi connectivity index (χ4v) is 7.23. The van der Waals surface area contributed by atoms with E-state index in [9.17, 15) is 36.3 Å². The third-order valence-electron chi connectivity index (χ3n) is 8.35. The summed E-state index contributed by atoms with van der Waals surface area (Å²) in [6.45, 7) is 5.36. The number of aliphatic imine (C=N–C) groups is 1. The van der Waals surface area contributed by atoms with Gasteiger partial charge in [-0.3, -0.25) is 14.6 Å². The molecule has 3 aliphatic heterocycles. The van der Waals surface area contributed by atoms with Crippen LogP contribution in [-0.2, 0) is 19.6 Å². The Balaban J connectivity index is 1.29. The standard InChI is InChI=1S/C30H33F3N4O6S/c1-18-13-22(37-23(17-38)15-20(3)27(37)39)14-19(2)25(18)7-12-44(41,42)36-10-8-29(9-11-36)28(40)34-26(35-29)21-5-4-6-24(16-21)43-30(31,32)33/h4-7,12-14,16,20,23,38H,8-11,15,17H2,1-3H3,(H,34,35,40)/b12-7+/t20-,23?/m1/s1. The van der Waals surface area contributed by atoms with Crippen LogP contribution in [0.15, 0.2) is 46.8 Å². The lowest BCUT2D eigenvalue weighted by Gasteiger charge is -2.34. The van der Waals surface area contributed by atoms with Gasteiger partial charge in [0.15, 0.2) is 0 Å². The fraction of sp³-hybridized carbons (Fsp3) is 0.433. The summed E-state index contributed by atoms with van der Waals surface area (Å²) in [5, 5.41) is 13.5. The number of nitrogens with one attached hydrogen (secondary N) is 1. The molecule has 1 unspecified atom stereocenters. The Labute approximate surface area is 253 Å². The predicted molar refractivity (Wildman–Crippen MR) is 157 cm³/mol. The average molecular weight is 635 g/mol. The Kier molecular flexibility index (Phi) is 8.37. The number of hydrogen-bond acceptors (Lipinski definition) is 7. The van der Waals surface area contributed by atoms with Gasteiger partial charge in [0.25, 0.3) is 5.91 Å². The summed E-state index contributed by atoms with van der Waals surface area (Å²) in [6, 6.07) is 8.42. The van der Waals surface area contributed by atoms with E-state index >= 15 is 0 Å². The van der Waals surface area contributed by atoms with E-state index < -0.39 is 33.6 Å². The molecule has 0 saturated carbocycles. The van der Waals surface area contributed by atoms with Crippen LogP contribution in [0.3, 0.4) is 0 Å². The summed E-state index contributed by atoms with van der Waals surface area (Å²) >= 11 is 0. The number of piperidine rings is 1. The van der Waals surface area contributed by atoms with Gasteiger partial charge in [-0.15, -0.1) is 13.2 Å². The zero-order chi connectivity index (χ0) is 32.0. The maximum Gasteiger partial charge on any atom is 0.573 e. The number of amidine groups is 1. The highest BCUT2D eigenvalue weighted by molar-refractivity contribution is 7.92. The number of benzene rings is 2. The molecule has 2 saturated heterocycles. The van der Waals surface area contributed by atoms with Gasteiger partial charge in [-0.1, -0.05) is 19.1 Å². The first-order valence-corrected chi connectivity index (χ1v) is 15.6. The van der Waals surface area contributed by atoms with Gasteiger partial charge >= 0.3 is 6.36 Å². The molecule has 0 aliphatic carbocycles. The van der Waals surface area contributed by atoms with Crippen molar-refractivity contribution in [3.8, 4) is 5.75 Å². The SMILES string of the molecule is Cc1cc(N2C(=O)[C@H](C)CC2CO)cc(C)c1/C=C/S(=O)(=O)N1CCC2(CC1)N=C(c1cccc(OC(F)(F)F)c1)NC2=O. The van der Waals surface area contributed by atoms with Crippen LogP contribution in [-0.4, -0.2) is 73.1 Å². The summed E-state index contributed by atoms with van der Waals surface area (Å²) in [5.74, 6) is -1.05. The molecule has 0 aromatic heterocycles. The van der Waals surface area contributed by atoms with Crippen molar-refractivity contribution in [1.29, 1.82) is 0 Å². The van der Waals surface area contributed by atoms with Crippen LogP contribution < -0.4 is 15.0 Å². The molecule has 0 bridgehead atoms. The third kappa shape index (κ3) is 6.24. The first-order chi connectivity index (χ1) is 20.6. The normalized spacial score (nSPS) is 22.6. The number of alkyl halides is 3. The molecular weight excluding hydrogens is 601 g/mol. The minimum absolute atomic E-state index is 0.0167. The maximum atomic E-state index is 13.3. The smallest absolute Gasteiger partial charge is 0.406 e. The van der Waals surface area contributed by atoms with Crippen molar-refractivity contribution in [3.63, 3.8) is 0 Å². The first kappa shape index (κ1) is 31.7. The van der Waals surface area contributed by atoms with Gasteiger partial charge < -0.3 is 20.1 Å². The lowest BCUT2D eigenvalue weighted by Crippen LogP contribution is -2.50. The second kappa shape index (κ2) is 11.6. The van der Waals surface area contributed by atoms with Crippen molar-refractivity contribution in [2.75, 3.05) is 24.6 Å². The quantitative estimate of drug-likeness (QED) is 0.479. The van der Waals surface area contributed by atoms with Crippen molar-refractivity contribution < 1.29 is 41.0 Å². The molecule has 2 fully saturated rings. The second-order valence-corrected chi connectivity index (χ2v) is 13.3. The summed E-state index contributed by atoms with van der Waals surface area (Å²) in [6.07, 6.45) is -2.61. The van der Waals surface area contributed by atoms with E-state index in [1.807, 2.05) is 32.9 Å². The van der Waals surface area contributed by atoms with E-state index in [1.165, 1.54) is 22.5 Å². The number of aliphatic hydroxyl groups is 1. The summed E-state index contributed by atoms with van der Waals surface area (Å²) in [4.78, 5) is 31.8. The molecule has 3 heterocycles. The van der Waals surface area contributed by atoms with Gasteiger partial charge in [0.05, 0.1) is 12.6 Å². The molecule has 2 atom stereocenters. The average Bonchev–Trinajstić information content (AvgIpc) is 3.42. The highest BCUT2D eigenvalue weighted by Gasteiger charge is 2.47. The molecule has 236 valence electrons. The molecule has 10 nitrogen and oxygen atoms in total. The summed E-state index contributed by atoms with van der Waals surface area (Å²) < 4.78 is 69.7. The molecule has 0 radical (unpaired) electrons. The Bertz CT molecular complexity index is 1620. The number of carbonyl (C=O) groups excluding carboxylic acids is 2. The minimum atomic E-state index is -4.87. The number of amides is 2. The van der Waals surface area contributed by atoms with Gasteiger partial charge in [-0.2, -0.15) is 4.31 Å². The number of aryl methyl sites for hydroxylation is 2. The van der Waals surface area contributed by atoms with E-state index in [1.54, 1.807) is 4.90 Å². The molecule has 14 heteroatoms. The molecule has 2 aromatic carbocycles. The Morgan fingerprint density at radius 1 is 1.14 bits per heavy atom. The minimum Gasteiger partial charge on any atom is -0.406 e. The van der Waals surface area contributed by atoms with Crippen LogP contribution >= 0.6 is 0 Å². The number of aliphatic hydroxyl groups excluding tert-OH is 1. The van der Waals surface area contributed by atoms with Gasteiger partial charge in [-0.25, -0.2) is 8.42 Å². The Hall–Kier alpha value is -3.75. The van der Waals surface area contributed by atoms with Crippen molar-refractivity contribution >= 4 is 39.4 Å². The van der Waals surface area contributed by atoms with E-state index in [0.717, 1.165) is 28.7 Å². The van der Waals surface area contributed by atoms with E-state index in [2.05, 4.69) is 15.0 Å². The maximum absolute atomic E-state index is 13.3. The van der Waals surface area contributed by atoms with Crippen molar-refractivity contribution in [2.24, 2.45) is 10.9 Å². The number of anilines is 1. The van der Waals surface area contributed by atoms with Crippen LogP contribution in [0.1, 0.15) is 48.4 Å². The van der Waals surface area contributed by atoms with E-state index in [0.29, 0.717) is 17.7 Å². The van der Waals surface area contributed by atoms with Gasteiger partial charge in [-0.05, 0) is 80.1 Å². The molecule has 44 heavy (non-hydrogen) atoms. The molecule has 5 rings (SSSR count). The number of sulfonamides is 1. The molecule has 1 spiro atoms.